The lowest BCUT2D eigenvalue weighted by molar-refractivity contribution is -0.250. The van der Waals surface area contributed by atoms with E-state index in [0.29, 0.717) is 6.92 Å². The molecule has 1 radical (unpaired) electrons. The first-order chi connectivity index (χ1) is 20.6. The van der Waals surface area contributed by atoms with Crippen molar-refractivity contribution in [1.82, 2.24) is 0 Å². The number of benzene rings is 1. The first-order valence-electron chi connectivity index (χ1n) is 12.9. The number of carboxylic acids is 5. The summed E-state index contributed by atoms with van der Waals surface area (Å²) < 4.78 is 83.7. The van der Waals surface area contributed by atoms with Crippen LogP contribution in [0.25, 0.3) is 0 Å². The Morgan fingerprint density at radius 2 is 1.16 bits per heavy atom. The Bertz CT molecular complexity index is 1240. The predicted octanol–water partition coefficient (Wildman–Crippen LogP) is 3.60. The van der Waals surface area contributed by atoms with Gasteiger partial charge in [0.25, 0.3) is 0 Å². The lowest BCUT2D eigenvalue weighted by Crippen LogP contribution is -2.51. The molecule has 1 aromatic carbocycles. The van der Waals surface area contributed by atoms with E-state index in [1.165, 1.54) is 37.3 Å². The Balaban J connectivity index is 3.88. The molecule has 7 unspecified atom stereocenters. The smallest absolute Gasteiger partial charge is 0.369 e. The molecular weight excluding hydrogens is 630 g/mol. The quantitative estimate of drug-likeness (QED) is 0.106. The standard InChI is InChI=1S/C27H29F6O12/c1-3-13(12-7-5-4-6-8-12)15(24(44)45-10-9-26(30,31)27(32,33)25(28)29)17(22(40)41)18(23(42)43)16(21(38)39)14(20(36)37)11(2)19(34)35/h4-9,11,13-18,25H,3,10H2,1-2H3,(H,34,35)(H,36,37)(H,38,39)(H,40,41)(H,42,43). The molecular formula is C27H29F6O12. The largest absolute Gasteiger partial charge is 0.481 e. The summed E-state index contributed by atoms with van der Waals surface area (Å²) in [5.74, 6) is -41.3. The second-order valence-electron chi connectivity index (χ2n) is 9.91. The SMILES string of the molecule is CCC(c1ccccc1)C(C(=O)OC[CH]C(F)(F)C(F)(F)C(F)F)C(C(=O)O)C(C(=O)O)C(C(=O)O)C(C(=O)O)C(C)C(=O)O. The Hall–Kier alpha value is -4.38. The molecule has 7 atom stereocenters. The minimum Gasteiger partial charge on any atom is -0.481 e. The van der Waals surface area contributed by atoms with Crippen LogP contribution < -0.4 is 0 Å². The van der Waals surface area contributed by atoms with Gasteiger partial charge in [-0.3, -0.25) is 28.8 Å². The van der Waals surface area contributed by atoms with E-state index in [1.54, 1.807) is 0 Å². The molecule has 1 rings (SSSR count). The summed E-state index contributed by atoms with van der Waals surface area (Å²) in [6.45, 7) is 0.203. The van der Waals surface area contributed by atoms with Gasteiger partial charge >= 0.3 is 54.1 Å². The van der Waals surface area contributed by atoms with Gasteiger partial charge < -0.3 is 30.3 Å². The summed E-state index contributed by atoms with van der Waals surface area (Å²) in [5.41, 5.74) is 0.0800. The van der Waals surface area contributed by atoms with Crippen LogP contribution in [0.2, 0.25) is 0 Å². The zero-order valence-electron chi connectivity index (χ0n) is 23.4. The number of esters is 1. The molecule has 0 saturated heterocycles. The van der Waals surface area contributed by atoms with Gasteiger partial charge in [0, 0.05) is 0 Å². The normalized spacial score (nSPS) is 16.8. The molecule has 5 N–H and O–H groups in total. The Morgan fingerprint density at radius 3 is 1.53 bits per heavy atom. The molecule has 45 heavy (non-hydrogen) atoms. The van der Waals surface area contributed by atoms with Crippen molar-refractivity contribution in [3.8, 4) is 0 Å². The van der Waals surface area contributed by atoms with Crippen molar-refractivity contribution in [2.75, 3.05) is 6.61 Å². The number of carboxylic acid groups (broad SMARTS) is 5. The number of aliphatic carboxylic acids is 5. The molecule has 0 fully saturated rings. The summed E-state index contributed by atoms with van der Waals surface area (Å²) >= 11 is 0. The van der Waals surface area contributed by atoms with Crippen molar-refractivity contribution < 1.29 is 85.4 Å². The molecule has 0 aliphatic rings. The fraction of sp³-hybridized carbons (Fsp3) is 0.519. The van der Waals surface area contributed by atoms with E-state index in [9.17, 15) is 80.6 Å². The van der Waals surface area contributed by atoms with E-state index in [-0.39, 0.29) is 12.0 Å². The van der Waals surface area contributed by atoms with Crippen LogP contribution in [0, 0.1) is 41.9 Å². The van der Waals surface area contributed by atoms with Crippen LogP contribution >= 0.6 is 0 Å². The van der Waals surface area contributed by atoms with E-state index in [2.05, 4.69) is 4.74 Å². The topological polar surface area (TPSA) is 213 Å². The van der Waals surface area contributed by atoms with Gasteiger partial charge in [-0.25, -0.2) is 8.78 Å². The number of alkyl halides is 6. The van der Waals surface area contributed by atoms with Gasteiger partial charge in [-0.2, -0.15) is 17.6 Å². The second kappa shape index (κ2) is 15.6. The Labute approximate surface area is 250 Å². The maximum Gasteiger partial charge on any atom is 0.369 e. The monoisotopic (exact) mass is 659 g/mol. The maximum absolute atomic E-state index is 13.8. The first-order valence-corrected chi connectivity index (χ1v) is 12.9. The average Bonchev–Trinajstić information content (AvgIpc) is 2.93. The van der Waals surface area contributed by atoms with E-state index in [0.717, 1.165) is 0 Å². The van der Waals surface area contributed by atoms with Crippen molar-refractivity contribution in [2.45, 2.75) is 44.5 Å². The number of carbonyl (C=O) groups is 6. The second-order valence-corrected chi connectivity index (χ2v) is 9.91. The summed E-state index contributed by atoms with van der Waals surface area (Å²) in [6, 6.07) is 6.81. The highest BCUT2D eigenvalue weighted by Crippen LogP contribution is 2.44. The molecule has 0 saturated carbocycles. The van der Waals surface area contributed by atoms with Crippen molar-refractivity contribution in [2.24, 2.45) is 35.5 Å². The molecule has 0 heterocycles. The highest BCUT2D eigenvalue weighted by molar-refractivity contribution is 5.92. The van der Waals surface area contributed by atoms with Crippen molar-refractivity contribution in [1.29, 1.82) is 0 Å². The van der Waals surface area contributed by atoms with Gasteiger partial charge in [0.05, 0.1) is 41.9 Å². The highest BCUT2D eigenvalue weighted by atomic mass is 19.3. The third-order valence-electron chi connectivity index (χ3n) is 7.27. The lowest BCUT2D eigenvalue weighted by Gasteiger charge is -2.37. The zero-order valence-corrected chi connectivity index (χ0v) is 23.4. The number of ether oxygens (including phenoxy) is 1. The maximum atomic E-state index is 13.8. The van der Waals surface area contributed by atoms with Crippen LogP contribution in [0.5, 0.6) is 0 Å². The van der Waals surface area contributed by atoms with E-state index >= 15 is 0 Å². The van der Waals surface area contributed by atoms with Gasteiger partial charge in [0.15, 0.2) is 0 Å². The summed E-state index contributed by atoms with van der Waals surface area (Å²) in [6.07, 6.45) is -5.93. The van der Waals surface area contributed by atoms with Crippen molar-refractivity contribution in [3.05, 3.63) is 42.3 Å². The van der Waals surface area contributed by atoms with E-state index < -0.39 is 109 Å². The third-order valence-corrected chi connectivity index (χ3v) is 7.27. The Morgan fingerprint density at radius 1 is 0.733 bits per heavy atom. The molecule has 1 aromatic rings. The number of rotatable bonds is 19. The first kappa shape index (κ1) is 38.6. The van der Waals surface area contributed by atoms with Gasteiger partial charge in [-0.1, -0.05) is 44.2 Å². The van der Waals surface area contributed by atoms with Crippen LogP contribution in [0.3, 0.4) is 0 Å². The molecule has 12 nitrogen and oxygen atoms in total. The van der Waals surface area contributed by atoms with Crippen molar-refractivity contribution in [3.63, 3.8) is 0 Å². The fourth-order valence-electron chi connectivity index (χ4n) is 4.99. The van der Waals surface area contributed by atoms with Crippen LogP contribution in [-0.2, 0) is 33.5 Å². The third kappa shape index (κ3) is 8.85. The Kier molecular flexibility index (Phi) is 13.4. The van der Waals surface area contributed by atoms with Crippen molar-refractivity contribution >= 4 is 35.8 Å². The minimum atomic E-state index is -5.92. The number of carbonyl (C=O) groups excluding carboxylic acids is 1. The number of hydrogen-bond donors (Lipinski definition) is 5. The van der Waals surface area contributed by atoms with Crippen LogP contribution in [0.4, 0.5) is 26.3 Å². The highest BCUT2D eigenvalue weighted by Gasteiger charge is 2.63. The van der Waals surface area contributed by atoms with Crippen LogP contribution in [-0.4, -0.2) is 86.2 Å². The minimum absolute atomic E-state index is 0.0800. The van der Waals surface area contributed by atoms with Gasteiger partial charge in [-0.15, -0.1) is 0 Å². The molecule has 0 aliphatic heterocycles. The van der Waals surface area contributed by atoms with E-state index in [4.69, 9.17) is 0 Å². The fourth-order valence-corrected chi connectivity index (χ4v) is 4.99. The summed E-state index contributed by atoms with van der Waals surface area (Å²) in [4.78, 5) is 74.5. The molecule has 18 heteroatoms. The average molecular weight is 660 g/mol. The van der Waals surface area contributed by atoms with Gasteiger partial charge in [0.1, 0.15) is 6.61 Å². The molecule has 0 amide bonds. The molecule has 0 spiro atoms. The lowest BCUT2D eigenvalue weighted by atomic mass is 9.64. The van der Waals surface area contributed by atoms with Crippen LogP contribution in [0.1, 0.15) is 31.7 Å². The van der Waals surface area contributed by atoms with Gasteiger partial charge in [-0.05, 0) is 17.9 Å². The molecule has 251 valence electrons. The molecule has 0 bridgehead atoms. The zero-order chi connectivity index (χ0) is 35.0. The number of halogens is 6. The molecule has 0 aliphatic carbocycles. The summed E-state index contributed by atoms with van der Waals surface area (Å²) in [7, 11) is 0. The van der Waals surface area contributed by atoms with E-state index in [1.807, 2.05) is 0 Å². The molecule has 0 aromatic heterocycles. The summed E-state index contributed by atoms with van der Waals surface area (Å²) in [5, 5.41) is 49.2. The predicted molar refractivity (Wildman–Crippen MR) is 135 cm³/mol. The van der Waals surface area contributed by atoms with Gasteiger partial charge in [0.2, 0.25) is 0 Å². The van der Waals surface area contributed by atoms with Crippen LogP contribution in [0.15, 0.2) is 30.3 Å². The number of hydrogen-bond acceptors (Lipinski definition) is 7.